The lowest BCUT2D eigenvalue weighted by molar-refractivity contribution is 0.425. The summed E-state index contributed by atoms with van der Waals surface area (Å²) >= 11 is 6.17. The molecule has 0 saturated carbocycles. The van der Waals surface area contributed by atoms with Gasteiger partial charge in [-0.1, -0.05) is 16.8 Å². The van der Waals surface area contributed by atoms with Crippen molar-refractivity contribution in [2.75, 3.05) is 5.32 Å². The Labute approximate surface area is 165 Å². The first-order valence-electron chi connectivity index (χ1n) is 7.80. The van der Waals surface area contributed by atoms with E-state index in [0.29, 0.717) is 34.3 Å². The zero-order chi connectivity index (χ0) is 18.3. The number of nitrogens with one attached hydrogen (secondary N) is 1. The van der Waals surface area contributed by atoms with Crippen molar-refractivity contribution in [3.63, 3.8) is 0 Å². The Morgan fingerprint density at radius 3 is 2.63 bits per heavy atom. The number of benzene rings is 1. The van der Waals surface area contributed by atoms with Gasteiger partial charge in [-0.25, -0.2) is 14.4 Å². The molecule has 27 heavy (non-hydrogen) atoms. The van der Waals surface area contributed by atoms with Gasteiger partial charge < -0.3 is 9.84 Å². The van der Waals surface area contributed by atoms with E-state index in [4.69, 9.17) is 16.1 Å². The molecule has 0 fully saturated rings. The van der Waals surface area contributed by atoms with Gasteiger partial charge >= 0.3 is 0 Å². The molecule has 0 spiro atoms. The van der Waals surface area contributed by atoms with Crippen molar-refractivity contribution in [3.05, 3.63) is 58.9 Å². The van der Waals surface area contributed by atoms with Crippen molar-refractivity contribution in [3.8, 4) is 11.5 Å². The molecule has 9 heteroatoms. The molecule has 0 radical (unpaired) electrons. The summed E-state index contributed by atoms with van der Waals surface area (Å²) in [6.07, 6.45) is 1.61. The van der Waals surface area contributed by atoms with E-state index in [9.17, 15) is 4.39 Å². The van der Waals surface area contributed by atoms with Crippen LogP contribution < -0.4 is 5.32 Å². The van der Waals surface area contributed by atoms with Crippen LogP contribution >= 0.6 is 24.0 Å². The fourth-order valence-corrected chi connectivity index (χ4v) is 2.82. The van der Waals surface area contributed by atoms with E-state index in [0.717, 1.165) is 11.1 Å². The van der Waals surface area contributed by atoms with Gasteiger partial charge in [-0.3, -0.25) is 0 Å². The monoisotopic (exact) mass is 405 g/mol. The Bertz CT molecular complexity index is 1130. The molecule has 0 aliphatic carbocycles. The Morgan fingerprint density at radius 1 is 1.11 bits per heavy atom. The van der Waals surface area contributed by atoms with Crippen molar-refractivity contribution in [2.24, 2.45) is 0 Å². The molecule has 0 aliphatic heterocycles. The van der Waals surface area contributed by atoms with Gasteiger partial charge in [0.1, 0.15) is 5.82 Å². The largest absolute Gasteiger partial charge is 0.353 e. The second-order valence-electron chi connectivity index (χ2n) is 5.77. The number of hydrogen-bond donors (Lipinski definition) is 1. The summed E-state index contributed by atoms with van der Waals surface area (Å²) in [6.45, 7) is 3.62. The average Bonchev–Trinajstić information content (AvgIpc) is 3.03. The second-order valence-corrected chi connectivity index (χ2v) is 6.17. The van der Waals surface area contributed by atoms with Crippen LogP contribution in [0.3, 0.4) is 0 Å². The predicted molar refractivity (Wildman–Crippen MR) is 104 cm³/mol. The summed E-state index contributed by atoms with van der Waals surface area (Å²) in [5, 5.41) is 8.07. The zero-order valence-electron chi connectivity index (χ0n) is 14.3. The lowest BCUT2D eigenvalue weighted by atomic mass is 10.1. The molecule has 4 aromatic rings. The van der Waals surface area contributed by atoms with Gasteiger partial charge in [0.25, 0.3) is 5.89 Å². The first-order valence-corrected chi connectivity index (χ1v) is 8.18. The van der Waals surface area contributed by atoms with E-state index < -0.39 is 5.82 Å². The first kappa shape index (κ1) is 19.0. The maximum Gasteiger partial charge on any atom is 0.261 e. The molecular weight excluding hydrogens is 392 g/mol. The van der Waals surface area contributed by atoms with E-state index >= 15 is 0 Å². The maximum atomic E-state index is 13.4. The van der Waals surface area contributed by atoms with Crippen LogP contribution in [0, 0.1) is 19.7 Å². The SMILES string of the molecule is Cc1ccc2c(Nc3ccc(F)cc3Cl)c(-c3nc(C)no3)cnc2n1.Cl. The minimum absolute atomic E-state index is 0. The van der Waals surface area contributed by atoms with E-state index in [1.165, 1.54) is 12.1 Å². The second kappa shape index (κ2) is 7.46. The van der Waals surface area contributed by atoms with E-state index in [2.05, 4.69) is 25.4 Å². The van der Waals surface area contributed by atoms with Gasteiger partial charge in [-0.15, -0.1) is 12.4 Å². The quantitative estimate of drug-likeness (QED) is 0.501. The zero-order valence-corrected chi connectivity index (χ0v) is 15.9. The molecule has 3 aromatic heterocycles. The van der Waals surface area contributed by atoms with Crippen LogP contribution in [0.15, 0.2) is 41.1 Å². The van der Waals surface area contributed by atoms with Crippen LogP contribution in [-0.2, 0) is 0 Å². The molecule has 0 unspecified atom stereocenters. The third-order valence-corrected chi connectivity index (χ3v) is 4.13. The summed E-state index contributed by atoms with van der Waals surface area (Å²) in [4.78, 5) is 13.1. The molecule has 1 N–H and O–H groups in total. The topological polar surface area (TPSA) is 76.7 Å². The summed E-state index contributed by atoms with van der Waals surface area (Å²) in [7, 11) is 0. The molecule has 0 amide bonds. The highest BCUT2D eigenvalue weighted by Gasteiger charge is 2.17. The van der Waals surface area contributed by atoms with Crippen LogP contribution in [0.4, 0.5) is 15.8 Å². The predicted octanol–water partition coefficient (Wildman–Crippen LogP) is 5.25. The van der Waals surface area contributed by atoms with Crippen molar-refractivity contribution in [1.29, 1.82) is 0 Å². The van der Waals surface area contributed by atoms with Gasteiger partial charge in [-0.05, 0) is 44.2 Å². The third-order valence-electron chi connectivity index (χ3n) is 3.82. The number of fused-ring (bicyclic) bond motifs is 1. The number of hydrogen-bond acceptors (Lipinski definition) is 6. The summed E-state index contributed by atoms with van der Waals surface area (Å²) in [5.74, 6) is 0.413. The van der Waals surface area contributed by atoms with Gasteiger partial charge in [0, 0.05) is 17.3 Å². The van der Waals surface area contributed by atoms with E-state index in [1.807, 2.05) is 19.1 Å². The van der Waals surface area contributed by atoms with Gasteiger partial charge in [0.05, 0.1) is 22.0 Å². The van der Waals surface area contributed by atoms with Crippen LogP contribution in [-0.4, -0.2) is 20.1 Å². The van der Waals surface area contributed by atoms with Crippen LogP contribution in [0.2, 0.25) is 5.02 Å². The molecule has 6 nitrogen and oxygen atoms in total. The van der Waals surface area contributed by atoms with Crippen molar-refractivity contribution < 1.29 is 8.91 Å². The fraction of sp³-hybridized carbons (Fsp3) is 0.111. The summed E-state index contributed by atoms with van der Waals surface area (Å²) < 4.78 is 18.7. The highest BCUT2D eigenvalue weighted by Crippen LogP contribution is 2.36. The fourth-order valence-electron chi connectivity index (χ4n) is 2.60. The molecule has 0 aliphatic rings. The first-order chi connectivity index (χ1) is 12.5. The molecule has 0 atom stereocenters. The highest BCUT2D eigenvalue weighted by molar-refractivity contribution is 6.33. The van der Waals surface area contributed by atoms with Crippen molar-refractivity contribution >= 4 is 46.4 Å². The smallest absolute Gasteiger partial charge is 0.261 e. The third kappa shape index (κ3) is 3.70. The van der Waals surface area contributed by atoms with Gasteiger partial charge in [-0.2, -0.15) is 4.98 Å². The molecule has 0 bridgehead atoms. The number of rotatable bonds is 3. The number of anilines is 2. The summed E-state index contributed by atoms with van der Waals surface area (Å²) in [6, 6.07) is 7.92. The van der Waals surface area contributed by atoms with Gasteiger partial charge in [0.2, 0.25) is 0 Å². The summed E-state index contributed by atoms with van der Waals surface area (Å²) in [5.41, 5.74) is 3.20. The number of pyridine rings is 2. The van der Waals surface area contributed by atoms with E-state index in [-0.39, 0.29) is 17.4 Å². The van der Waals surface area contributed by atoms with Crippen LogP contribution in [0.5, 0.6) is 0 Å². The lowest BCUT2D eigenvalue weighted by Gasteiger charge is -2.14. The standard InChI is InChI=1S/C18H13ClFN5O.ClH/c1-9-3-5-12-16(24-15-6-4-11(20)7-14(15)19)13(8-21-17(12)22-9)18-23-10(2)25-26-18;/h3-8H,1-2H3,(H,21,22,24);1H. The number of aryl methyl sites for hydroxylation is 2. The van der Waals surface area contributed by atoms with Gasteiger partial charge in [0.15, 0.2) is 11.5 Å². The minimum atomic E-state index is -0.412. The number of aromatic nitrogens is 4. The molecule has 4 rings (SSSR count). The minimum Gasteiger partial charge on any atom is -0.353 e. The lowest BCUT2D eigenvalue weighted by Crippen LogP contribution is -1.99. The van der Waals surface area contributed by atoms with E-state index in [1.54, 1.807) is 19.2 Å². The van der Waals surface area contributed by atoms with Crippen LogP contribution in [0.1, 0.15) is 11.5 Å². The van der Waals surface area contributed by atoms with Crippen molar-refractivity contribution in [2.45, 2.75) is 13.8 Å². The molecule has 0 saturated heterocycles. The molecule has 1 aromatic carbocycles. The molecule has 3 heterocycles. The Balaban J connectivity index is 0.00000210. The number of halogens is 3. The molecule has 138 valence electrons. The Kier molecular flexibility index (Phi) is 5.25. The van der Waals surface area contributed by atoms with Crippen molar-refractivity contribution in [1.82, 2.24) is 20.1 Å². The Morgan fingerprint density at radius 2 is 1.93 bits per heavy atom. The average molecular weight is 406 g/mol. The highest BCUT2D eigenvalue weighted by atomic mass is 35.5. The maximum absolute atomic E-state index is 13.4. The normalized spacial score (nSPS) is 10.7. The van der Waals surface area contributed by atoms with Crippen LogP contribution in [0.25, 0.3) is 22.5 Å². The molecular formula is C18H14Cl2FN5O. The number of nitrogens with zero attached hydrogens (tertiary/aromatic N) is 4. The Hall–Kier alpha value is -2.77.